The van der Waals surface area contributed by atoms with Crippen molar-refractivity contribution in [3.05, 3.63) is 23.1 Å². The van der Waals surface area contributed by atoms with Crippen molar-refractivity contribution in [1.29, 1.82) is 0 Å². The molecule has 0 radical (unpaired) electrons. The zero-order chi connectivity index (χ0) is 11.3. The van der Waals surface area contributed by atoms with Crippen LogP contribution in [0.3, 0.4) is 0 Å². The van der Waals surface area contributed by atoms with Gasteiger partial charge in [-0.05, 0) is 36.6 Å². The number of rotatable bonds is 6. The van der Waals surface area contributed by atoms with Gasteiger partial charge in [0.25, 0.3) is 0 Å². The van der Waals surface area contributed by atoms with Gasteiger partial charge in [0.05, 0.1) is 11.4 Å². The highest BCUT2D eigenvalue weighted by atomic mass is 35.5. The monoisotopic (exact) mass is 248 g/mol. The van der Waals surface area contributed by atoms with Crippen LogP contribution < -0.4 is 0 Å². The van der Waals surface area contributed by atoms with Crippen molar-refractivity contribution >= 4 is 23.4 Å². The molecule has 0 atom stereocenters. The minimum atomic E-state index is -0.541. The van der Waals surface area contributed by atoms with Gasteiger partial charge in [-0.25, -0.2) is 0 Å². The van der Waals surface area contributed by atoms with E-state index < -0.39 is 5.60 Å². The summed E-state index contributed by atoms with van der Waals surface area (Å²) >= 11 is 7.33. The van der Waals surface area contributed by atoms with Crippen LogP contribution in [0.15, 0.2) is 16.5 Å². The van der Waals surface area contributed by atoms with Crippen LogP contribution >= 0.6 is 23.4 Å². The fraction of sp³-hybridized carbons (Fsp3) is 0.636. The lowest BCUT2D eigenvalue weighted by molar-refractivity contribution is 0.0571. The maximum atomic E-state index is 10.0. The van der Waals surface area contributed by atoms with Crippen LogP contribution in [0.2, 0.25) is 5.22 Å². The molecule has 4 heteroatoms. The lowest BCUT2D eigenvalue weighted by Crippen LogP contribution is -2.29. The number of thioether (sulfide) groups is 1. The summed E-state index contributed by atoms with van der Waals surface area (Å²) in [5.74, 6) is 2.35. The van der Waals surface area contributed by atoms with E-state index in [0.29, 0.717) is 5.22 Å². The first-order chi connectivity index (χ1) is 7.09. The Bertz CT molecular complexity index is 295. The lowest BCUT2D eigenvalue weighted by atomic mass is 10.0. The highest BCUT2D eigenvalue weighted by Crippen LogP contribution is 2.24. The zero-order valence-electron chi connectivity index (χ0n) is 9.12. The van der Waals surface area contributed by atoms with Crippen molar-refractivity contribution in [2.45, 2.75) is 38.0 Å². The first-order valence-corrected chi connectivity index (χ1v) is 6.67. The molecule has 0 aliphatic heterocycles. The molecule has 0 amide bonds. The zero-order valence-corrected chi connectivity index (χ0v) is 10.7. The van der Waals surface area contributed by atoms with Crippen LogP contribution in [0.25, 0.3) is 0 Å². The van der Waals surface area contributed by atoms with Gasteiger partial charge < -0.3 is 9.52 Å². The molecule has 1 N–H and O–H groups in total. The van der Waals surface area contributed by atoms with E-state index in [4.69, 9.17) is 16.0 Å². The molecule has 0 aromatic carbocycles. The van der Waals surface area contributed by atoms with E-state index in [1.165, 1.54) is 0 Å². The fourth-order valence-electron chi connectivity index (χ4n) is 1.23. The summed E-state index contributed by atoms with van der Waals surface area (Å²) in [5, 5.41) is 10.5. The van der Waals surface area contributed by atoms with E-state index in [-0.39, 0.29) is 0 Å². The van der Waals surface area contributed by atoms with Crippen LogP contribution in [-0.2, 0) is 5.75 Å². The molecule has 1 aromatic rings. The average molecular weight is 249 g/mol. The van der Waals surface area contributed by atoms with Gasteiger partial charge in [-0.15, -0.1) is 0 Å². The number of furan rings is 1. The minimum absolute atomic E-state index is 0.423. The van der Waals surface area contributed by atoms with Crippen LogP contribution in [0, 0.1) is 0 Å². The van der Waals surface area contributed by atoms with E-state index in [0.717, 1.165) is 30.1 Å². The molecule has 0 aliphatic rings. The van der Waals surface area contributed by atoms with Crippen molar-refractivity contribution in [2.24, 2.45) is 0 Å². The second-order valence-electron chi connectivity index (χ2n) is 3.63. The standard InChI is InChI=1S/C11H17ClO2S/c1-3-11(13,4-2)8-15-7-9-5-6-10(12)14-9/h5-6,13H,3-4,7-8H2,1-2H3. The first-order valence-electron chi connectivity index (χ1n) is 5.14. The Morgan fingerprint density at radius 1 is 1.40 bits per heavy atom. The molecule has 0 saturated heterocycles. The first kappa shape index (κ1) is 12.9. The highest BCUT2D eigenvalue weighted by Gasteiger charge is 2.21. The third kappa shape index (κ3) is 4.09. The molecular weight excluding hydrogens is 232 g/mol. The third-order valence-electron chi connectivity index (χ3n) is 2.56. The van der Waals surface area contributed by atoms with Gasteiger partial charge in [-0.1, -0.05) is 13.8 Å². The van der Waals surface area contributed by atoms with Gasteiger partial charge in [0.15, 0.2) is 5.22 Å². The number of hydrogen-bond acceptors (Lipinski definition) is 3. The van der Waals surface area contributed by atoms with Crippen molar-refractivity contribution in [3.63, 3.8) is 0 Å². The van der Waals surface area contributed by atoms with Gasteiger partial charge in [0, 0.05) is 5.75 Å². The molecule has 2 nitrogen and oxygen atoms in total. The molecule has 0 spiro atoms. The topological polar surface area (TPSA) is 33.4 Å². The Balaban J connectivity index is 2.32. The summed E-state index contributed by atoms with van der Waals surface area (Å²) in [6, 6.07) is 3.61. The van der Waals surface area contributed by atoms with Gasteiger partial charge >= 0.3 is 0 Å². The number of hydrogen-bond donors (Lipinski definition) is 1. The largest absolute Gasteiger partial charge is 0.449 e. The maximum Gasteiger partial charge on any atom is 0.193 e. The Morgan fingerprint density at radius 3 is 2.53 bits per heavy atom. The normalized spacial score (nSPS) is 12.0. The SMILES string of the molecule is CCC(O)(CC)CSCc1ccc(Cl)o1. The smallest absolute Gasteiger partial charge is 0.193 e. The van der Waals surface area contributed by atoms with Gasteiger partial charge in [0.1, 0.15) is 5.76 Å². The van der Waals surface area contributed by atoms with E-state index in [2.05, 4.69) is 0 Å². The molecular formula is C11H17ClO2S. The quantitative estimate of drug-likeness (QED) is 0.833. The Hall–Kier alpha value is -0.120. The summed E-state index contributed by atoms with van der Waals surface area (Å²) in [4.78, 5) is 0. The number of halogens is 1. The predicted octanol–water partition coefficient (Wildman–Crippen LogP) is 3.72. The molecule has 86 valence electrons. The van der Waals surface area contributed by atoms with Crippen LogP contribution in [0.4, 0.5) is 0 Å². The second-order valence-corrected chi connectivity index (χ2v) is 4.99. The van der Waals surface area contributed by atoms with Crippen molar-refractivity contribution < 1.29 is 9.52 Å². The Kier molecular flexibility index (Phi) is 5.03. The van der Waals surface area contributed by atoms with E-state index >= 15 is 0 Å². The minimum Gasteiger partial charge on any atom is -0.449 e. The van der Waals surface area contributed by atoms with E-state index in [1.54, 1.807) is 17.8 Å². The number of aliphatic hydroxyl groups is 1. The molecule has 1 rings (SSSR count). The molecule has 0 aliphatic carbocycles. The summed E-state index contributed by atoms with van der Waals surface area (Å²) in [7, 11) is 0. The predicted molar refractivity (Wildman–Crippen MR) is 65.4 cm³/mol. The molecule has 15 heavy (non-hydrogen) atoms. The average Bonchev–Trinajstić information content (AvgIpc) is 2.64. The van der Waals surface area contributed by atoms with Gasteiger partial charge in [-0.2, -0.15) is 11.8 Å². The summed E-state index contributed by atoms with van der Waals surface area (Å²) in [5.41, 5.74) is -0.541. The summed E-state index contributed by atoms with van der Waals surface area (Å²) in [6.45, 7) is 4.02. The van der Waals surface area contributed by atoms with Crippen LogP contribution in [0.1, 0.15) is 32.4 Å². The van der Waals surface area contributed by atoms with Crippen LogP contribution in [-0.4, -0.2) is 16.5 Å². The molecule has 0 saturated carbocycles. The Morgan fingerprint density at radius 2 is 2.07 bits per heavy atom. The van der Waals surface area contributed by atoms with Gasteiger partial charge in [0.2, 0.25) is 0 Å². The highest BCUT2D eigenvalue weighted by molar-refractivity contribution is 7.98. The van der Waals surface area contributed by atoms with E-state index in [1.807, 2.05) is 19.9 Å². The third-order valence-corrected chi connectivity index (χ3v) is 3.99. The van der Waals surface area contributed by atoms with Crippen LogP contribution in [0.5, 0.6) is 0 Å². The molecule has 0 fully saturated rings. The summed E-state index contributed by atoms with van der Waals surface area (Å²) < 4.78 is 5.23. The van der Waals surface area contributed by atoms with Gasteiger partial charge in [-0.3, -0.25) is 0 Å². The fourth-order valence-corrected chi connectivity index (χ4v) is 2.63. The van der Waals surface area contributed by atoms with Crippen molar-refractivity contribution in [3.8, 4) is 0 Å². The summed E-state index contributed by atoms with van der Waals surface area (Å²) in [6.07, 6.45) is 1.57. The maximum absolute atomic E-state index is 10.0. The van der Waals surface area contributed by atoms with Crippen molar-refractivity contribution in [1.82, 2.24) is 0 Å². The molecule has 0 unspecified atom stereocenters. The second kappa shape index (κ2) is 5.83. The van der Waals surface area contributed by atoms with E-state index in [9.17, 15) is 5.11 Å². The lowest BCUT2D eigenvalue weighted by Gasteiger charge is -2.24. The molecule has 0 bridgehead atoms. The Labute approximate surface area is 100 Å². The molecule has 1 heterocycles. The van der Waals surface area contributed by atoms with Crippen molar-refractivity contribution in [2.75, 3.05) is 5.75 Å². The molecule has 1 aromatic heterocycles.